The van der Waals surface area contributed by atoms with E-state index in [0.29, 0.717) is 35.2 Å². The minimum Gasteiger partial charge on any atom is -0.422 e. The number of hydrogen-bond acceptors (Lipinski definition) is 9. The van der Waals surface area contributed by atoms with Crippen molar-refractivity contribution >= 4 is 23.0 Å². The molecule has 9 nitrogen and oxygen atoms in total. The maximum atomic E-state index is 6.96. The topological polar surface area (TPSA) is 92.5 Å². The van der Waals surface area contributed by atoms with Gasteiger partial charge in [0.25, 0.3) is 0 Å². The number of nitrogens with zero attached hydrogens (tertiary/aromatic N) is 3. The predicted molar refractivity (Wildman–Crippen MR) is 203 cm³/mol. The second-order valence-electron chi connectivity index (χ2n) is 11.9. The van der Waals surface area contributed by atoms with Crippen molar-refractivity contribution in [1.29, 1.82) is 0 Å². The quantitative estimate of drug-likeness (QED) is 0.112. The summed E-state index contributed by atoms with van der Waals surface area (Å²) >= 11 is 0. The van der Waals surface area contributed by atoms with Gasteiger partial charge in [0.15, 0.2) is 0 Å². The van der Waals surface area contributed by atoms with Gasteiger partial charge in [0.1, 0.15) is 28.7 Å². The molecule has 0 bridgehead atoms. The Morgan fingerprint density at radius 1 is 0.380 bits per heavy atom. The molecule has 0 saturated carbocycles. The molecule has 0 spiro atoms. The molecule has 0 aliphatic carbocycles. The molecule has 12 heteroatoms. The first-order chi connectivity index (χ1) is 24.1. The van der Waals surface area contributed by atoms with E-state index < -0.39 is 23.0 Å². The van der Waals surface area contributed by atoms with Crippen molar-refractivity contribution in [2.45, 2.75) is 48.0 Å². The maximum Gasteiger partial charge on any atom is 0.460 e. The lowest BCUT2D eigenvalue weighted by molar-refractivity contribution is 0.303. The molecular weight excluding hydrogens is 687 g/mol. The zero-order chi connectivity index (χ0) is 35.2. The number of aryl methyl sites for hydroxylation is 5. The summed E-state index contributed by atoms with van der Waals surface area (Å²) in [6, 6.07) is 38.4. The van der Waals surface area contributed by atoms with E-state index >= 15 is 0 Å². The number of rotatable bonds is 13. The van der Waals surface area contributed by atoms with Crippen molar-refractivity contribution < 1.29 is 27.1 Å². The fraction of sp³-hybridized carbons (Fsp3) is 0.211. The highest BCUT2D eigenvalue weighted by Crippen LogP contribution is 2.79. The van der Waals surface area contributed by atoms with E-state index in [1.807, 2.05) is 163 Å². The summed E-state index contributed by atoms with van der Waals surface area (Å²) in [5.74, 6) is 2.72. The fourth-order valence-corrected chi connectivity index (χ4v) is 14.5. The summed E-state index contributed by atoms with van der Waals surface area (Å²) in [4.78, 5) is 0. The van der Waals surface area contributed by atoms with Crippen LogP contribution in [0.5, 0.6) is 28.7 Å². The molecule has 5 aromatic carbocycles. The van der Waals surface area contributed by atoms with E-state index in [9.17, 15) is 0 Å². The zero-order valence-electron chi connectivity index (χ0n) is 29.1. The Morgan fingerprint density at radius 3 is 0.900 bits per heavy atom. The summed E-state index contributed by atoms with van der Waals surface area (Å²) in [6.07, 6.45) is 0.673. The van der Waals surface area contributed by atoms with E-state index in [-0.39, 0.29) is 6.61 Å². The second-order valence-corrected chi connectivity index (χ2v) is 18.1. The molecule has 5 aromatic rings. The summed E-state index contributed by atoms with van der Waals surface area (Å²) < 4.78 is 57.3. The van der Waals surface area contributed by atoms with E-state index in [2.05, 4.69) is 0 Å². The smallest absolute Gasteiger partial charge is 0.422 e. The van der Waals surface area contributed by atoms with Crippen molar-refractivity contribution in [1.82, 2.24) is 0 Å². The van der Waals surface area contributed by atoms with Crippen LogP contribution in [0.3, 0.4) is 0 Å². The Hall–Kier alpha value is -4.25. The van der Waals surface area contributed by atoms with Gasteiger partial charge in [-0.3, -0.25) is 4.52 Å². The monoisotopic (exact) mass is 729 g/mol. The van der Waals surface area contributed by atoms with Gasteiger partial charge in [-0.25, -0.2) is 0 Å². The SMILES string of the molecule is CCCOP1(Oc2ccccc2C)=NP(Oc2ccccc2C)(Oc2ccccc2C)=NP(Oc2ccccc2C)(Oc2ccccc2C)=N1. The molecule has 1 atom stereocenters. The van der Waals surface area contributed by atoms with Gasteiger partial charge in [0, 0.05) is 0 Å². The Labute approximate surface area is 295 Å². The normalized spacial score (nSPS) is 17.3. The molecule has 6 rings (SSSR count). The third kappa shape index (κ3) is 8.20. The third-order valence-corrected chi connectivity index (χ3v) is 15.8. The highest BCUT2D eigenvalue weighted by atomic mass is 31.3. The lowest BCUT2D eigenvalue weighted by atomic mass is 10.2. The molecule has 0 fully saturated rings. The first-order valence-electron chi connectivity index (χ1n) is 16.4. The molecule has 1 heterocycles. The van der Waals surface area contributed by atoms with Gasteiger partial charge in [0.2, 0.25) is 0 Å². The minimum absolute atomic E-state index is 0.288. The first kappa shape index (κ1) is 35.6. The van der Waals surface area contributed by atoms with Crippen molar-refractivity contribution in [2.24, 2.45) is 13.5 Å². The molecule has 1 unspecified atom stereocenters. The average molecular weight is 730 g/mol. The second kappa shape index (κ2) is 15.3. The van der Waals surface area contributed by atoms with Crippen molar-refractivity contribution in [3.63, 3.8) is 0 Å². The van der Waals surface area contributed by atoms with Gasteiger partial charge in [-0.2, -0.15) is 0 Å². The molecule has 0 saturated heterocycles. The van der Waals surface area contributed by atoms with Crippen LogP contribution >= 0.6 is 23.0 Å². The summed E-state index contributed by atoms with van der Waals surface area (Å²) in [5.41, 5.74) is 4.36. The van der Waals surface area contributed by atoms with Gasteiger partial charge >= 0.3 is 23.0 Å². The number of hydrogen-bond donors (Lipinski definition) is 0. The van der Waals surface area contributed by atoms with Crippen LogP contribution in [0.2, 0.25) is 0 Å². The van der Waals surface area contributed by atoms with E-state index in [0.717, 1.165) is 27.8 Å². The summed E-state index contributed by atoms with van der Waals surface area (Å²) in [7, 11) is -11.5. The lowest BCUT2D eigenvalue weighted by Gasteiger charge is -2.34. The largest absolute Gasteiger partial charge is 0.460 e. The average Bonchev–Trinajstić information content (AvgIpc) is 3.09. The van der Waals surface area contributed by atoms with Crippen LogP contribution in [0, 0.1) is 34.6 Å². The van der Waals surface area contributed by atoms with Gasteiger partial charge in [0.05, 0.1) is 6.61 Å². The number of benzene rings is 5. The van der Waals surface area contributed by atoms with Gasteiger partial charge < -0.3 is 22.6 Å². The Bertz CT molecular complexity index is 1970. The maximum absolute atomic E-state index is 6.96. The summed E-state index contributed by atoms with van der Waals surface area (Å²) in [6.45, 7) is 12.1. The Morgan fingerprint density at radius 2 is 0.620 bits per heavy atom. The molecule has 1 aliphatic rings. The van der Waals surface area contributed by atoms with Gasteiger partial charge in [-0.05, 0) is 99.2 Å². The highest BCUT2D eigenvalue weighted by Gasteiger charge is 2.48. The van der Waals surface area contributed by atoms with Crippen LogP contribution in [-0.4, -0.2) is 6.61 Å². The van der Waals surface area contributed by atoms with E-state index in [1.54, 1.807) is 0 Å². The van der Waals surface area contributed by atoms with E-state index in [1.165, 1.54) is 0 Å². The molecular formula is C38H42N3O6P3. The van der Waals surface area contributed by atoms with Crippen LogP contribution in [0.4, 0.5) is 0 Å². The van der Waals surface area contributed by atoms with Crippen molar-refractivity contribution in [3.05, 3.63) is 149 Å². The van der Waals surface area contributed by atoms with Gasteiger partial charge in [-0.15, -0.1) is 9.03 Å². The van der Waals surface area contributed by atoms with Crippen LogP contribution in [-0.2, 0) is 4.52 Å². The zero-order valence-corrected chi connectivity index (χ0v) is 31.8. The molecule has 0 N–H and O–H groups in total. The number of para-hydroxylation sites is 5. The van der Waals surface area contributed by atoms with Crippen LogP contribution < -0.4 is 22.6 Å². The molecule has 50 heavy (non-hydrogen) atoms. The summed E-state index contributed by atoms with van der Waals surface area (Å²) in [5, 5.41) is 0. The Balaban J connectivity index is 1.74. The fourth-order valence-electron chi connectivity index (χ4n) is 4.93. The van der Waals surface area contributed by atoms with Gasteiger partial charge in [-0.1, -0.05) is 102 Å². The third-order valence-electron chi connectivity index (χ3n) is 7.70. The highest BCUT2D eigenvalue weighted by molar-refractivity contribution is 7.79. The molecule has 1 aliphatic heterocycles. The predicted octanol–water partition coefficient (Wildman–Crippen LogP) is 13.2. The molecule has 0 aromatic heterocycles. The van der Waals surface area contributed by atoms with Crippen LogP contribution in [0.15, 0.2) is 135 Å². The first-order valence-corrected chi connectivity index (χ1v) is 21.0. The van der Waals surface area contributed by atoms with Crippen LogP contribution in [0.25, 0.3) is 0 Å². The van der Waals surface area contributed by atoms with Crippen LogP contribution in [0.1, 0.15) is 41.2 Å². The molecule has 0 amide bonds. The molecule has 260 valence electrons. The van der Waals surface area contributed by atoms with Crippen molar-refractivity contribution in [2.75, 3.05) is 6.61 Å². The standard InChI is InChI=1S/C38H42N3O6P3/c1-7-28-42-48(43-34-23-13-8-18-29(34)2)39-49(44-35-24-14-9-19-30(35)3,45-36-25-15-10-20-31(36)4)41-50(40-48,46-37-26-16-11-21-32(37)5)47-38-27-17-12-22-33(38)6/h8-27H,7,28H2,1-6H3. The van der Waals surface area contributed by atoms with Crippen molar-refractivity contribution in [3.8, 4) is 28.7 Å². The minimum atomic E-state index is -3.87. The lowest BCUT2D eigenvalue weighted by Crippen LogP contribution is -2.11. The molecule has 0 radical (unpaired) electrons. The Kier molecular flexibility index (Phi) is 10.9. The van der Waals surface area contributed by atoms with E-state index in [4.69, 9.17) is 40.7 Å².